The van der Waals surface area contributed by atoms with Crippen molar-refractivity contribution < 1.29 is 8.85 Å². The lowest BCUT2D eigenvalue weighted by molar-refractivity contribution is 0.301. The second-order valence-electron chi connectivity index (χ2n) is 0.724. The fourth-order valence-electron chi connectivity index (χ4n) is 0.122. The van der Waals surface area contributed by atoms with E-state index in [9.17, 15) is 0 Å². The van der Waals surface area contributed by atoms with Crippen molar-refractivity contribution >= 4 is 20.2 Å². The standard InChI is InChI=1S/C3H5O2Si2/c1-2-4-3-7-5-6/h2H,1,3H2. The van der Waals surface area contributed by atoms with Crippen molar-refractivity contribution in [3.05, 3.63) is 12.8 Å². The van der Waals surface area contributed by atoms with Crippen LogP contribution in [0.5, 0.6) is 0 Å². The quantitative estimate of drug-likeness (QED) is 0.298. The third-order valence-corrected chi connectivity index (χ3v) is 1.19. The average molecular weight is 129 g/mol. The Morgan fingerprint density at radius 3 is 3.00 bits per heavy atom. The molecule has 0 aromatic carbocycles. The summed E-state index contributed by atoms with van der Waals surface area (Å²) in [6, 6.07) is 0. The molecule has 4 heteroatoms. The maximum absolute atomic E-state index is 4.69. The molecule has 0 amide bonds. The van der Waals surface area contributed by atoms with Gasteiger partial charge in [0.25, 0.3) is 9.76 Å². The van der Waals surface area contributed by atoms with Gasteiger partial charge < -0.3 is 8.85 Å². The minimum Gasteiger partial charge on any atom is -0.503 e. The van der Waals surface area contributed by atoms with Gasteiger partial charge in [0.2, 0.25) is 10.5 Å². The summed E-state index contributed by atoms with van der Waals surface area (Å²) in [5, 5.41) is 0. The summed E-state index contributed by atoms with van der Waals surface area (Å²) < 4.78 is 9.20. The molecule has 0 aromatic heterocycles. The van der Waals surface area contributed by atoms with Crippen LogP contribution in [0.25, 0.3) is 0 Å². The van der Waals surface area contributed by atoms with Gasteiger partial charge in [0.15, 0.2) is 0 Å². The summed E-state index contributed by atoms with van der Waals surface area (Å²) in [4.78, 5) is 0. The minimum atomic E-state index is 0.342. The van der Waals surface area contributed by atoms with Crippen molar-refractivity contribution in [2.24, 2.45) is 0 Å². The summed E-state index contributed by atoms with van der Waals surface area (Å²) in [7, 11) is 3.16. The van der Waals surface area contributed by atoms with Gasteiger partial charge in [-0.2, -0.15) is 0 Å². The van der Waals surface area contributed by atoms with Crippen LogP contribution in [0.4, 0.5) is 0 Å². The predicted octanol–water partition coefficient (Wildman–Crippen LogP) is -0.177. The van der Waals surface area contributed by atoms with E-state index in [0.29, 0.717) is 16.0 Å². The topological polar surface area (TPSA) is 18.5 Å². The van der Waals surface area contributed by atoms with E-state index in [1.54, 1.807) is 0 Å². The maximum Gasteiger partial charge on any atom is 0.260 e. The summed E-state index contributed by atoms with van der Waals surface area (Å²) in [6.07, 6.45) is 1.96. The first-order chi connectivity index (χ1) is 3.41. The zero-order valence-electron chi connectivity index (χ0n) is 3.81. The third-order valence-electron chi connectivity index (χ3n) is 0.332. The first-order valence-corrected chi connectivity index (χ1v) is 3.22. The molecule has 0 aliphatic heterocycles. The van der Waals surface area contributed by atoms with E-state index < -0.39 is 0 Å². The van der Waals surface area contributed by atoms with E-state index in [1.165, 1.54) is 6.26 Å². The summed E-state index contributed by atoms with van der Waals surface area (Å²) >= 11 is 0. The second kappa shape index (κ2) is 5.93. The molecule has 0 aromatic rings. The van der Waals surface area contributed by atoms with E-state index in [1.807, 2.05) is 0 Å². The molecule has 0 heterocycles. The first-order valence-electron chi connectivity index (χ1n) is 1.69. The van der Waals surface area contributed by atoms with Crippen molar-refractivity contribution in [2.45, 2.75) is 0 Å². The molecular weight excluding hydrogens is 124 g/mol. The van der Waals surface area contributed by atoms with E-state index in [0.717, 1.165) is 0 Å². The molecule has 37 valence electrons. The van der Waals surface area contributed by atoms with Gasteiger partial charge in [-0.1, -0.05) is 6.58 Å². The van der Waals surface area contributed by atoms with E-state index in [2.05, 4.69) is 21.2 Å². The molecular formula is C3H5O2Si2. The van der Waals surface area contributed by atoms with Gasteiger partial charge >= 0.3 is 0 Å². The number of rotatable bonds is 4. The summed E-state index contributed by atoms with van der Waals surface area (Å²) in [5.74, 6) is 0. The number of hydrogen-bond donors (Lipinski definition) is 0. The molecule has 0 saturated carbocycles. The zero-order chi connectivity index (χ0) is 5.54. The van der Waals surface area contributed by atoms with Gasteiger partial charge in [-0.3, -0.25) is 0 Å². The van der Waals surface area contributed by atoms with Gasteiger partial charge in [0, 0.05) is 0 Å². The number of hydrogen-bond acceptors (Lipinski definition) is 2. The Morgan fingerprint density at radius 2 is 2.57 bits per heavy atom. The minimum absolute atomic E-state index is 0.342. The lowest BCUT2D eigenvalue weighted by Crippen LogP contribution is -2.02. The van der Waals surface area contributed by atoms with Gasteiger partial charge in [0.1, 0.15) is 6.23 Å². The molecule has 0 aliphatic carbocycles. The largest absolute Gasteiger partial charge is 0.503 e. The monoisotopic (exact) mass is 129 g/mol. The van der Waals surface area contributed by atoms with E-state index in [-0.39, 0.29) is 0 Å². The van der Waals surface area contributed by atoms with E-state index in [4.69, 9.17) is 4.74 Å². The molecule has 0 fully saturated rings. The highest BCUT2D eigenvalue weighted by atomic mass is 28.3. The highest BCUT2D eigenvalue weighted by Gasteiger charge is 1.80. The molecule has 0 spiro atoms. The van der Waals surface area contributed by atoms with Crippen LogP contribution in [-0.2, 0) is 8.85 Å². The molecule has 0 saturated heterocycles. The molecule has 0 N–H and O–H groups in total. The molecule has 0 unspecified atom stereocenters. The summed E-state index contributed by atoms with van der Waals surface area (Å²) in [5.41, 5.74) is 0. The fourth-order valence-corrected chi connectivity index (χ4v) is 0.544. The van der Waals surface area contributed by atoms with Crippen LogP contribution in [0.1, 0.15) is 0 Å². The highest BCUT2D eigenvalue weighted by Crippen LogP contribution is 1.68. The molecule has 7 heavy (non-hydrogen) atoms. The normalized spacial score (nSPS) is 8.14. The number of ether oxygens (including phenoxy) is 1. The Kier molecular flexibility index (Phi) is 5.88. The van der Waals surface area contributed by atoms with Crippen LogP contribution in [-0.4, -0.2) is 26.5 Å². The fraction of sp³-hybridized carbons (Fsp3) is 0.333. The van der Waals surface area contributed by atoms with Crippen molar-refractivity contribution in [1.29, 1.82) is 0 Å². The Hall–Kier alpha value is -0.0662. The zero-order valence-corrected chi connectivity index (χ0v) is 5.81. The molecule has 2 nitrogen and oxygen atoms in total. The van der Waals surface area contributed by atoms with Gasteiger partial charge in [-0.15, -0.1) is 0 Å². The molecule has 0 aliphatic rings. The van der Waals surface area contributed by atoms with Crippen LogP contribution in [0.3, 0.4) is 0 Å². The Balaban J connectivity index is 2.56. The first kappa shape index (κ1) is 6.93. The lowest BCUT2D eigenvalue weighted by Gasteiger charge is -1.92. The van der Waals surface area contributed by atoms with Gasteiger partial charge in [-0.25, -0.2) is 0 Å². The van der Waals surface area contributed by atoms with Crippen molar-refractivity contribution in [2.75, 3.05) is 6.23 Å². The van der Waals surface area contributed by atoms with Gasteiger partial charge in [-0.05, 0) is 0 Å². The van der Waals surface area contributed by atoms with Crippen molar-refractivity contribution in [1.82, 2.24) is 0 Å². The average Bonchev–Trinajstić information content (AvgIpc) is 1.69. The molecule has 0 rings (SSSR count). The molecule has 0 bridgehead atoms. The van der Waals surface area contributed by atoms with Crippen LogP contribution < -0.4 is 0 Å². The Bertz CT molecular complexity index is 48.2. The van der Waals surface area contributed by atoms with Crippen LogP contribution >= 0.6 is 0 Å². The van der Waals surface area contributed by atoms with Crippen molar-refractivity contribution in [3.8, 4) is 0 Å². The Labute approximate surface area is 49.0 Å². The highest BCUT2D eigenvalue weighted by molar-refractivity contribution is 6.34. The van der Waals surface area contributed by atoms with Crippen LogP contribution in [0.2, 0.25) is 0 Å². The second-order valence-corrected chi connectivity index (χ2v) is 2.12. The SMILES string of the molecule is C=COC[Si]O[Si]. The molecule has 5 radical (unpaired) electrons. The molecule has 0 atom stereocenters. The maximum atomic E-state index is 4.69. The van der Waals surface area contributed by atoms with Gasteiger partial charge in [0.05, 0.1) is 6.26 Å². The smallest absolute Gasteiger partial charge is 0.260 e. The van der Waals surface area contributed by atoms with Crippen LogP contribution in [0, 0.1) is 0 Å². The van der Waals surface area contributed by atoms with E-state index >= 15 is 0 Å². The van der Waals surface area contributed by atoms with Crippen LogP contribution in [0.15, 0.2) is 12.8 Å². The predicted molar refractivity (Wildman–Crippen MR) is 28.7 cm³/mol. The van der Waals surface area contributed by atoms with Crippen molar-refractivity contribution in [3.63, 3.8) is 0 Å². The Morgan fingerprint density at radius 1 is 1.86 bits per heavy atom. The summed E-state index contributed by atoms with van der Waals surface area (Å²) in [6.45, 7) is 3.34. The lowest BCUT2D eigenvalue weighted by atomic mass is 11.2. The third kappa shape index (κ3) is 5.93.